The molecule has 37 heavy (non-hydrogen) atoms. The van der Waals surface area contributed by atoms with Gasteiger partial charge in [-0.15, -0.1) is 11.3 Å². The van der Waals surface area contributed by atoms with Crippen LogP contribution in [0, 0.1) is 24.7 Å². The Morgan fingerprint density at radius 3 is 2.38 bits per heavy atom. The first-order chi connectivity index (χ1) is 17.6. The molecule has 0 spiro atoms. The molecule has 0 radical (unpaired) electrons. The van der Waals surface area contributed by atoms with E-state index < -0.39 is 6.04 Å². The standard InChI is InChI=1S/C27H27ClN6O2S/c1-14-15(2)37-27-23(14)24(18-8-10-20(28)11-9-18)33-21(25(30)34(27)16(3)29)12-22(35)32-13-17-4-6-19(7-5-17)26(31)36/h4-11,21,29-30H,12-13H2,1-3H3,(H2,31,36)(H,32,35)/p+1. The zero-order valence-corrected chi connectivity index (χ0v) is 22.4. The minimum absolute atomic E-state index is 0.0534. The Morgan fingerprint density at radius 1 is 1.14 bits per heavy atom. The van der Waals surface area contributed by atoms with Crippen molar-refractivity contribution in [1.82, 2.24) is 5.32 Å². The third-order valence-corrected chi connectivity index (χ3v) is 7.69. The fourth-order valence-corrected chi connectivity index (χ4v) is 5.49. The van der Waals surface area contributed by atoms with Crippen molar-refractivity contribution in [1.29, 1.82) is 10.8 Å². The van der Waals surface area contributed by atoms with Gasteiger partial charge in [-0.3, -0.25) is 31.2 Å². The summed E-state index contributed by atoms with van der Waals surface area (Å²) in [7, 11) is 0. The van der Waals surface area contributed by atoms with Crippen LogP contribution in [-0.2, 0) is 11.3 Å². The predicted octanol–water partition coefficient (Wildman–Crippen LogP) is 4.11. The number of carbonyl (C=O) groups excluding carboxylic acids is 2. The SMILES string of the molecule is CC(=N)N1C(=N)C(CC(=O)NCc2ccc(C([NH3+])=O)cc2)N=C(c2ccc(Cl)cc2)c2c1sc(C)c2C. The van der Waals surface area contributed by atoms with E-state index >= 15 is 0 Å². The van der Waals surface area contributed by atoms with Crippen LogP contribution in [-0.4, -0.2) is 35.2 Å². The summed E-state index contributed by atoms with van der Waals surface area (Å²) in [6.07, 6.45) is -0.0534. The maximum atomic E-state index is 13.0. The zero-order chi connectivity index (χ0) is 26.9. The van der Waals surface area contributed by atoms with Crippen molar-refractivity contribution in [3.8, 4) is 0 Å². The topological polar surface area (TPSA) is 137 Å². The highest BCUT2D eigenvalue weighted by Gasteiger charge is 2.34. The maximum absolute atomic E-state index is 13.0. The van der Waals surface area contributed by atoms with Crippen molar-refractivity contribution in [2.45, 2.75) is 39.8 Å². The van der Waals surface area contributed by atoms with Crippen LogP contribution in [0.5, 0.6) is 0 Å². The number of anilines is 1. The number of carbonyl (C=O) groups is 2. The molecule has 1 aliphatic heterocycles. The van der Waals surface area contributed by atoms with Gasteiger partial charge in [-0.1, -0.05) is 35.9 Å². The molecule has 3 aromatic rings. The van der Waals surface area contributed by atoms with Crippen molar-refractivity contribution in [3.63, 3.8) is 0 Å². The van der Waals surface area contributed by atoms with Crippen molar-refractivity contribution < 1.29 is 15.3 Å². The molecular weight excluding hydrogens is 508 g/mol. The van der Waals surface area contributed by atoms with Crippen LogP contribution in [0.25, 0.3) is 0 Å². The van der Waals surface area contributed by atoms with E-state index in [1.54, 1.807) is 48.2 Å². The molecule has 4 rings (SSSR count). The summed E-state index contributed by atoms with van der Waals surface area (Å²) in [5.41, 5.74) is 8.14. The smallest absolute Gasteiger partial charge is 0.340 e. The largest absolute Gasteiger partial charge is 0.352 e. The Labute approximate surface area is 224 Å². The molecule has 190 valence electrons. The van der Waals surface area contributed by atoms with E-state index in [0.717, 1.165) is 32.1 Å². The third-order valence-electron chi connectivity index (χ3n) is 6.25. The van der Waals surface area contributed by atoms with Gasteiger partial charge in [-0.2, -0.15) is 0 Å². The molecule has 0 aliphatic carbocycles. The molecule has 8 nitrogen and oxygen atoms in total. The Hall–Kier alpha value is -3.66. The number of nitrogens with one attached hydrogen (secondary N) is 3. The number of thiophene rings is 1. The van der Waals surface area contributed by atoms with E-state index in [1.165, 1.54) is 11.3 Å². The summed E-state index contributed by atoms with van der Waals surface area (Å²) >= 11 is 7.64. The number of fused-ring (bicyclic) bond motifs is 1. The number of quaternary nitrogens is 1. The van der Waals surface area contributed by atoms with Gasteiger partial charge in [0.2, 0.25) is 5.91 Å². The molecule has 0 saturated heterocycles. The van der Waals surface area contributed by atoms with Gasteiger partial charge >= 0.3 is 5.91 Å². The van der Waals surface area contributed by atoms with Gasteiger partial charge in [0.15, 0.2) is 0 Å². The van der Waals surface area contributed by atoms with E-state index in [9.17, 15) is 9.59 Å². The van der Waals surface area contributed by atoms with Crippen LogP contribution in [0.4, 0.5) is 5.00 Å². The first kappa shape index (κ1) is 26.4. The van der Waals surface area contributed by atoms with Crippen molar-refractivity contribution in [3.05, 3.63) is 86.2 Å². The Bertz CT molecular complexity index is 1430. The van der Waals surface area contributed by atoms with E-state index in [-0.39, 0.29) is 36.5 Å². The van der Waals surface area contributed by atoms with Gasteiger partial charge in [0.1, 0.15) is 22.7 Å². The van der Waals surface area contributed by atoms with Gasteiger partial charge in [-0.05, 0) is 56.2 Å². The number of aryl methyl sites for hydroxylation is 1. The molecular formula is C27H28ClN6O2S+. The molecule has 2 heterocycles. The first-order valence-corrected chi connectivity index (χ1v) is 12.9. The minimum atomic E-state index is -0.795. The molecule has 1 atom stereocenters. The van der Waals surface area contributed by atoms with E-state index in [4.69, 9.17) is 27.4 Å². The molecule has 6 N–H and O–H groups in total. The summed E-state index contributed by atoms with van der Waals surface area (Å²) in [5, 5.41) is 21.6. The van der Waals surface area contributed by atoms with Crippen LogP contribution in [0.15, 0.2) is 53.5 Å². The Balaban J connectivity index is 1.66. The van der Waals surface area contributed by atoms with Gasteiger partial charge in [-0.25, -0.2) is 4.79 Å². The van der Waals surface area contributed by atoms with E-state index in [0.29, 0.717) is 16.3 Å². The summed E-state index contributed by atoms with van der Waals surface area (Å²) in [6, 6.07) is 13.4. The average molecular weight is 536 g/mol. The molecule has 1 unspecified atom stereocenters. The molecule has 10 heteroatoms. The molecule has 0 bridgehead atoms. The molecule has 1 aliphatic rings. The second-order valence-corrected chi connectivity index (χ2v) is 10.5. The normalized spacial score (nSPS) is 15.1. The van der Waals surface area contributed by atoms with Crippen molar-refractivity contribution >= 4 is 57.1 Å². The molecule has 0 fully saturated rings. The summed E-state index contributed by atoms with van der Waals surface area (Å²) in [5.74, 6) is -0.272. The van der Waals surface area contributed by atoms with Crippen molar-refractivity contribution in [2.24, 2.45) is 4.99 Å². The number of aliphatic imine (C=N–C) groups is 1. The van der Waals surface area contributed by atoms with Crippen LogP contribution in [0.1, 0.15) is 50.8 Å². The number of rotatable bonds is 6. The highest BCUT2D eigenvalue weighted by molar-refractivity contribution is 7.17. The third kappa shape index (κ3) is 5.53. The van der Waals surface area contributed by atoms with Crippen LogP contribution >= 0.6 is 22.9 Å². The number of amidine groups is 2. The number of halogens is 1. The lowest BCUT2D eigenvalue weighted by Crippen LogP contribution is -2.56. The molecule has 2 aromatic carbocycles. The van der Waals surface area contributed by atoms with Crippen LogP contribution in [0.3, 0.4) is 0 Å². The van der Waals surface area contributed by atoms with Crippen LogP contribution in [0.2, 0.25) is 5.02 Å². The number of amides is 2. The number of benzene rings is 2. The predicted molar refractivity (Wildman–Crippen MR) is 148 cm³/mol. The average Bonchev–Trinajstić information content (AvgIpc) is 3.07. The lowest BCUT2D eigenvalue weighted by atomic mass is 9.99. The highest BCUT2D eigenvalue weighted by Crippen LogP contribution is 2.40. The monoisotopic (exact) mass is 535 g/mol. The number of hydrogen-bond donors (Lipinski definition) is 4. The summed E-state index contributed by atoms with van der Waals surface area (Å²) in [4.78, 5) is 32.0. The fourth-order valence-electron chi connectivity index (χ4n) is 4.14. The second-order valence-electron chi connectivity index (χ2n) is 8.87. The van der Waals surface area contributed by atoms with Gasteiger partial charge < -0.3 is 5.32 Å². The highest BCUT2D eigenvalue weighted by atomic mass is 35.5. The lowest BCUT2D eigenvalue weighted by molar-refractivity contribution is -0.255. The lowest BCUT2D eigenvalue weighted by Gasteiger charge is -2.24. The molecule has 2 amide bonds. The fraction of sp³-hybridized carbons (Fsp3) is 0.222. The summed E-state index contributed by atoms with van der Waals surface area (Å²) < 4.78 is 0. The summed E-state index contributed by atoms with van der Waals surface area (Å²) in [6.45, 7) is 5.93. The van der Waals surface area contributed by atoms with Crippen molar-refractivity contribution in [2.75, 3.05) is 4.90 Å². The van der Waals surface area contributed by atoms with Gasteiger partial charge in [0.05, 0.1) is 17.7 Å². The van der Waals surface area contributed by atoms with Gasteiger partial charge in [0.25, 0.3) is 0 Å². The Kier molecular flexibility index (Phi) is 7.68. The van der Waals surface area contributed by atoms with E-state index in [1.807, 2.05) is 26.0 Å². The zero-order valence-electron chi connectivity index (χ0n) is 20.8. The van der Waals surface area contributed by atoms with Gasteiger partial charge in [0, 0.05) is 27.6 Å². The van der Waals surface area contributed by atoms with E-state index in [2.05, 4.69) is 11.1 Å². The Morgan fingerprint density at radius 2 is 1.78 bits per heavy atom. The first-order valence-electron chi connectivity index (χ1n) is 11.7. The van der Waals surface area contributed by atoms with Crippen LogP contribution < -0.4 is 16.0 Å². The second kappa shape index (κ2) is 10.8. The number of nitrogens with zero attached hydrogens (tertiary/aromatic N) is 2. The minimum Gasteiger partial charge on any atom is -0.352 e. The molecule has 0 saturated carbocycles. The quantitative estimate of drug-likeness (QED) is 0.279. The maximum Gasteiger partial charge on any atom is 0.340 e. The molecule has 1 aromatic heterocycles. The number of hydrogen-bond acceptors (Lipinski definition) is 6.